The molecule has 0 aromatic rings. The average Bonchev–Trinajstić information content (AvgIpc) is 2.30. The Morgan fingerprint density at radius 3 is 2.47 bits per heavy atom. The minimum absolute atomic E-state index is 0.257. The monoisotopic (exact) mass is 279 g/mol. The van der Waals surface area contributed by atoms with Crippen LogP contribution in [0.2, 0.25) is 19.6 Å². The Bertz CT molecular complexity index is 485. The van der Waals surface area contributed by atoms with E-state index in [0.29, 0.717) is 11.1 Å². The van der Waals surface area contributed by atoms with Gasteiger partial charge in [-0.1, -0.05) is 38.0 Å². The van der Waals surface area contributed by atoms with Crippen LogP contribution in [0.15, 0.2) is 35.6 Å². The highest BCUT2D eigenvalue weighted by Crippen LogP contribution is 2.26. The molecule has 0 fully saturated rings. The summed E-state index contributed by atoms with van der Waals surface area (Å²) in [6.45, 7) is 11.8. The van der Waals surface area contributed by atoms with Crippen LogP contribution in [0.3, 0.4) is 0 Å². The zero-order valence-electron chi connectivity index (χ0n) is 12.2. The van der Waals surface area contributed by atoms with E-state index < -0.39 is 19.6 Å². The molecule has 0 aliphatic carbocycles. The first-order chi connectivity index (χ1) is 8.63. The van der Waals surface area contributed by atoms with Crippen molar-refractivity contribution in [2.45, 2.75) is 32.1 Å². The number of ether oxygens (including phenoxy) is 1. The van der Waals surface area contributed by atoms with E-state index in [9.17, 15) is 9.59 Å². The lowest BCUT2D eigenvalue weighted by Gasteiger charge is -2.31. The second kappa shape index (κ2) is 5.17. The lowest BCUT2D eigenvalue weighted by Crippen LogP contribution is -2.54. The van der Waals surface area contributed by atoms with Gasteiger partial charge in [0.05, 0.1) is 15.2 Å². The van der Waals surface area contributed by atoms with E-state index >= 15 is 0 Å². The van der Waals surface area contributed by atoms with Crippen LogP contribution < -0.4 is 5.32 Å². The highest BCUT2D eigenvalue weighted by atomic mass is 28.3. The summed E-state index contributed by atoms with van der Waals surface area (Å²) in [4.78, 5) is 24.0. The molecule has 104 valence electrons. The van der Waals surface area contributed by atoms with Gasteiger partial charge in [0.15, 0.2) is 5.54 Å². The van der Waals surface area contributed by atoms with Gasteiger partial charge in [-0.2, -0.15) is 0 Å². The molecule has 0 aromatic heterocycles. The first kappa shape index (κ1) is 15.4. The number of nitrogens with one attached hydrogen (secondary N) is 1. The van der Waals surface area contributed by atoms with Gasteiger partial charge >= 0.3 is 5.97 Å². The minimum Gasteiger partial charge on any atom is -0.467 e. The molecule has 0 radical (unpaired) electrons. The smallest absolute Gasteiger partial charge is 0.335 e. The number of rotatable bonds is 3. The fraction of sp³-hybridized carbons (Fsp3) is 0.429. The van der Waals surface area contributed by atoms with Crippen molar-refractivity contribution < 1.29 is 14.3 Å². The molecule has 1 unspecified atom stereocenters. The third kappa shape index (κ3) is 3.44. The van der Waals surface area contributed by atoms with Crippen molar-refractivity contribution >= 4 is 20.0 Å². The lowest BCUT2D eigenvalue weighted by atomic mass is 9.90. The van der Waals surface area contributed by atoms with Gasteiger partial charge < -0.3 is 10.1 Å². The highest BCUT2D eigenvalue weighted by Gasteiger charge is 2.39. The van der Waals surface area contributed by atoms with Crippen molar-refractivity contribution in [1.29, 1.82) is 0 Å². The van der Waals surface area contributed by atoms with Crippen LogP contribution in [0, 0.1) is 0 Å². The maximum Gasteiger partial charge on any atom is 0.335 e. The van der Waals surface area contributed by atoms with Crippen molar-refractivity contribution in [3.8, 4) is 0 Å². The quantitative estimate of drug-likeness (QED) is 0.488. The summed E-state index contributed by atoms with van der Waals surface area (Å²) >= 11 is 0. The van der Waals surface area contributed by atoms with Crippen molar-refractivity contribution in [1.82, 2.24) is 5.32 Å². The zero-order valence-corrected chi connectivity index (χ0v) is 13.2. The van der Waals surface area contributed by atoms with Crippen LogP contribution in [0.1, 0.15) is 6.92 Å². The summed E-state index contributed by atoms with van der Waals surface area (Å²) in [6.07, 6.45) is 3.30. The molecule has 5 heteroatoms. The Balaban J connectivity index is 3.34. The molecular weight excluding hydrogens is 258 g/mol. The van der Waals surface area contributed by atoms with Gasteiger partial charge in [-0.25, -0.2) is 4.79 Å². The number of allylic oxidation sites excluding steroid dienone is 1. The zero-order chi connectivity index (χ0) is 14.8. The summed E-state index contributed by atoms with van der Waals surface area (Å²) in [5, 5.41) is 2.70. The predicted molar refractivity (Wildman–Crippen MR) is 78.3 cm³/mol. The fourth-order valence-electron chi connectivity index (χ4n) is 1.93. The average molecular weight is 279 g/mol. The summed E-state index contributed by atoms with van der Waals surface area (Å²) in [7, 11) is -0.254. The van der Waals surface area contributed by atoms with Crippen LogP contribution >= 0.6 is 0 Å². The maximum atomic E-state index is 12.2. The first-order valence-electron chi connectivity index (χ1n) is 6.12. The van der Waals surface area contributed by atoms with E-state index in [1.165, 1.54) is 7.11 Å². The first-order valence-corrected chi connectivity index (χ1v) is 9.70. The van der Waals surface area contributed by atoms with Crippen LogP contribution in [-0.2, 0) is 14.3 Å². The van der Waals surface area contributed by atoms with Crippen LogP contribution in [0.4, 0.5) is 0 Å². The summed E-state index contributed by atoms with van der Waals surface area (Å²) in [5.74, 6) is -0.750. The normalized spacial score (nSPS) is 25.6. The van der Waals surface area contributed by atoms with Gasteiger partial charge in [0.25, 0.3) is 5.91 Å². The Kier molecular flexibility index (Phi) is 4.20. The molecule has 4 nitrogen and oxygen atoms in total. The standard InChI is InChI=1S/C14H21NO3Si/c1-7-10-8-14(2,13(17)18-3)15-12(16)11(10)9-19(4,5)6/h7-9H,1H2,2-6H3,(H,15,16)/b11-9-. The van der Waals surface area contributed by atoms with E-state index in [1.807, 2.05) is 5.70 Å². The maximum absolute atomic E-state index is 12.2. The van der Waals surface area contributed by atoms with E-state index in [4.69, 9.17) is 4.74 Å². The fourth-order valence-corrected chi connectivity index (χ4v) is 3.10. The third-order valence-corrected chi connectivity index (χ3v) is 3.93. The van der Waals surface area contributed by atoms with Crippen molar-refractivity contribution in [3.63, 3.8) is 0 Å². The molecule has 19 heavy (non-hydrogen) atoms. The Morgan fingerprint density at radius 2 is 2.05 bits per heavy atom. The molecule has 0 bridgehead atoms. The lowest BCUT2D eigenvalue weighted by molar-refractivity contribution is -0.147. The van der Waals surface area contributed by atoms with Gasteiger partial charge in [-0.3, -0.25) is 4.79 Å². The molecule has 0 saturated heterocycles. The van der Waals surface area contributed by atoms with E-state index in [-0.39, 0.29) is 5.91 Å². The number of esters is 1. The molecule has 1 aliphatic rings. The minimum atomic E-state index is -1.55. The predicted octanol–water partition coefficient (Wildman–Crippen LogP) is 1.96. The Hall–Kier alpha value is -1.62. The molecular formula is C14H21NO3Si. The summed E-state index contributed by atoms with van der Waals surface area (Å²) in [5.41, 5.74) is 2.15. The van der Waals surface area contributed by atoms with Gasteiger partial charge in [-0.05, 0) is 18.6 Å². The molecule has 0 spiro atoms. The Morgan fingerprint density at radius 1 is 1.47 bits per heavy atom. The molecule has 0 saturated carbocycles. The molecule has 1 atom stereocenters. The summed E-state index contributed by atoms with van der Waals surface area (Å²) < 4.78 is 4.73. The molecule has 1 rings (SSSR count). The van der Waals surface area contributed by atoms with E-state index in [0.717, 1.165) is 0 Å². The third-order valence-electron chi connectivity index (χ3n) is 2.78. The van der Waals surface area contributed by atoms with E-state index in [2.05, 4.69) is 31.5 Å². The highest BCUT2D eigenvalue weighted by molar-refractivity contribution is 6.81. The number of carbonyl (C=O) groups excluding carboxylic acids is 2. The van der Waals surface area contributed by atoms with Crippen molar-refractivity contribution in [3.05, 3.63) is 35.6 Å². The number of hydrogen-bond donors (Lipinski definition) is 1. The molecule has 1 amide bonds. The van der Waals surface area contributed by atoms with Crippen LogP contribution in [0.25, 0.3) is 0 Å². The molecule has 1 aliphatic heterocycles. The SMILES string of the molecule is C=CC1=CC(C)(C(=O)OC)NC(=O)/C1=C\[Si](C)(C)C. The molecule has 1 heterocycles. The number of carbonyl (C=O) groups is 2. The topological polar surface area (TPSA) is 55.4 Å². The van der Waals surface area contributed by atoms with E-state index in [1.54, 1.807) is 19.1 Å². The van der Waals surface area contributed by atoms with Crippen molar-refractivity contribution in [2.75, 3.05) is 7.11 Å². The van der Waals surface area contributed by atoms with Gasteiger partial charge in [0, 0.05) is 5.57 Å². The van der Waals surface area contributed by atoms with Gasteiger partial charge in [-0.15, -0.1) is 0 Å². The van der Waals surface area contributed by atoms with Crippen molar-refractivity contribution in [2.24, 2.45) is 0 Å². The number of amides is 1. The van der Waals surface area contributed by atoms with Gasteiger partial charge in [0.1, 0.15) is 0 Å². The summed E-state index contributed by atoms with van der Waals surface area (Å²) in [6, 6.07) is 0. The molecule has 1 N–H and O–H groups in total. The number of hydrogen-bond acceptors (Lipinski definition) is 3. The van der Waals surface area contributed by atoms with Crippen LogP contribution in [0.5, 0.6) is 0 Å². The Labute approximate surface area is 115 Å². The largest absolute Gasteiger partial charge is 0.467 e. The van der Waals surface area contributed by atoms with Crippen LogP contribution in [-0.4, -0.2) is 32.6 Å². The number of methoxy groups -OCH3 is 1. The molecule has 0 aromatic carbocycles. The van der Waals surface area contributed by atoms with Gasteiger partial charge in [0.2, 0.25) is 0 Å². The second-order valence-corrected chi connectivity index (χ2v) is 10.9. The second-order valence-electron chi connectivity index (χ2n) is 5.88.